The van der Waals surface area contributed by atoms with Gasteiger partial charge >= 0.3 is 0 Å². The molecule has 0 saturated heterocycles. The molecular formula is C10H12Cl2N2. The fourth-order valence-electron chi connectivity index (χ4n) is 1.22. The summed E-state index contributed by atoms with van der Waals surface area (Å²) in [5.41, 5.74) is 0. The third-order valence-electron chi connectivity index (χ3n) is 1.89. The van der Waals surface area contributed by atoms with Crippen molar-refractivity contribution in [3.05, 3.63) is 36.5 Å². The summed E-state index contributed by atoms with van der Waals surface area (Å²) in [5.74, 6) is 0.911. The number of hydrogen-bond acceptors (Lipinski definition) is 2. The predicted octanol–water partition coefficient (Wildman–Crippen LogP) is 3.12. The Bertz CT molecular complexity index is 404. The van der Waals surface area contributed by atoms with Gasteiger partial charge in [-0.2, -0.15) is 0 Å². The first-order valence-electron chi connectivity index (χ1n) is 3.93. The van der Waals surface area contributed by atoms with E-state index in [1.807, 2.05) is 31.4 Å². The maximum Gasteiger partial charge on any atom is 0.126 e. The molecule has 0 atom stereocenters. The van der Waals surface area contributed by atoms with Crippen LogP contribution in [-0.4, -0.2) is 12.0 Å². The molecular weight excluding hydrogens is 219 g/mol. The number of nitrogens with zero attached hydrogens (tertiary/aromatic N) is 1. The summed E-state index contributed by atoms with van der Waals surface area (Å²) >= 11 is 0. The number of benzene rings is 1. The van der Waals surface area contributed by atoms with E-state index >= 15 is 0 Å². The van der Waals surface area contributed by atoms with Gasteiger partial charge in [0.05, 0.1) is 0 Å². The smallest absolute Gasteiger partial charge is 0.126 e. The Labute approximate surface area is 95.6 Å². The van der Waals surface area contributed by atoms with Crippen LogP contribution in [-0.2, 0) is 0 Å². The van der Waals surface area contributed by atoms with Crippen LogP contribution in [0.2, 0.25) is 0 Å². The number of pyridine rings is 1. The van der Waals surface area contributed by atoms with Gasteiger partial charge in [-0.15, -0.1) is 24.8 Å². The van der Waals surface area contributed by atoms with Gasteiger partial charge in [-0.3, -0.25) is 0 Å². The quantitative estimate of drug-likeness (QED) is 0.815. The second-order valence-corrected chi connectivity index (χ2v) is 2.67. The van der Waals surface area contributed by atoms with Crippen molar-refractivity contribution in [2.24, 2.45) is 0 Å². The predicted molar refractivity (Wildman–Crippen MR) is 65.8 cm³/mol. The number of anilines is 1. The van der Waals surface area contributed by atoms with Gasteiger partial charge in [0.15, 0.2) is 0 Å². The number of hydrogen-bond donors (Lipinski definition) is 1. The Hall–Kier alpha value is -0.990. The molecule has 0 radical (unpaired) electrons. The van der Waals surface area contributed by atoms with Crippen molar-refractivity contribution in [2.45, 2.75) is 0 Å². The molecule has 0 unspecified atom stereocenters. The highest BCUT2D eigenvalue weighted by Crippen LogP contribution is 2.15. The standard InChI is InChI=1S/C10H10N2.2ClH/c1-11-10-6-8-4-2-3-5-9(8)7-12-10;;/h2-7H,1H3,(H,11,12);2*1H. The highest BCUT2D eigenvalue weighted by atomic mass is 35.5. The molecule has 0 amide bonds. The number of rotatable bonds is 1. The first kappa shape index (κ1) is 13.0. The van der Waals surface area contributed by atoms with Crippen molar-refractivity contribution in [1.29, 1.82) is 0 Å². The van der Waals surface area contributed by atoms with E-state index in [2.05, 4.69) is 22.4 Å². The molecule has 14 heavy (non-hydrogen) atoms. The molecule has 1 heterocycles. The lowest BCUT2D eigenvalue weighted by Crippen LogP contribution is -1.90. The molecule has 0 aliphatic heterocycles. The topological polar surface area (TPSA) is 24.9 Å². The van der Waals surface area contributed by atoms with E-state index in [4.69, 9.17) is 0 Å². The fraction of sp³-hybridized carbons (Fsp3) is 0.100. The molecule has 0 aliphatic carbocycles. The van der Waals surface area contributed by atoms with Gasteiger partial charge in [0.1, 0.15) is 5.82 Å². The second-order valence-electron chi connectivity index (χ2n) is 2.67. The van der Waals surface area contributed by atoms with E-state index in [0.717, 1.165) is 5.82 Å². The SMILES string of the molecule is CNc1cc2ccccc2cn1.Cl.Cl. The third kappa shape index (κ3) is 2.50. The lowest BCUT2D eigenvalue weighted by Gasteiger charge is -2.00. The van der Waals surface area contributed by atoms with Crippen LogP contribution in [0.15, 0.2) is 36.5 Å². The largest absolute Gasteiger partial charge is 0.373 e. The summed E-state index contributed by atoms with van der Waals surface area (Å²) in [6.07, 6.45) is 1.88. The minimum Gasteiger partial charge on any atom is -0.373 e. The van der Waals surface area contributed by atoms with E-state index in [1.54, 1.807) is 0 Å². The summed E-state index contributed by atoms with van der Waals surface area (Å²) < 4.78 is 0. The van der Waals surface area contributed by atoms with Crippen LogP contribution in [0.1, 0.15) is 0 Å². The van der Waals surface area contributed by atoms with Gasteiger partial charge < -0.3 is 5.32 Å². The van der Waals surface area contributed by atoms with E-state index < -0.39 is 0 Å². The second kappa shape index (κ2) is 5.68. The number of fused-ring (bicyclic) bond motifs is 1. The summed E-state index contributed by atoms with van der Waals surface area (Å²) in [6.45, 7) is 0. The fourth-order valence-corrected chi connectivity index (χ4v) is 1.22. The molecule has 1 aromatic heterocycles. The van der Waals surface area contributed by atoms with Gasteiger partial charge in [-0.1, -0.05) is 24.3 Å². The summed E-state index contributed by atoms with van der Waals surface area (Å²) in [7, 11) is 1.87. The zero-order valence-corrected chi connectivity index (χ0v) is 9.36. The maximum absolute atomic E-state index is 4.21. The molecule has 0 aliphatic rings. The summed E-state index contributed by atoms with van der Waals surface area (Å²) in [4.78, 5) is 4.21. The molecule has 76 valence electrons. The Kier molecular flexibility index (Phi) is 5.28. The van der Waals surface area contributed by atoms with E-state index in [-0.39, 0.29) is 24.8 Å². The lowest BCUT2D eigenvalue weighted by molar-refractivity contribution is 1.31. The van der Waals surface area contributed by atoms with Crippen LogP contribution in [0.3, 0.4) is 0 Å². The van der Waals surface area contributed by atoms with Gasteiger partial charge in [0.25, 0.3) is 0 Å². The maximum atomic E-state index is 4.21. The molecule has 0 saturated carbocycles. The normalized spacial score (nSPS) is 8.64. The average molecular weight is 231 g/mol. The van der Waals surface area contributed by atoms with E-state index in [9.17, 15) is 0 Å². The van der Waals surface area contributed by atoms with Crippen molar-refractivity contribution < 1.29 is 0 Å². The molecule has 1 N–H and O–H groups in total. The zero-order valence-electron chi connectivity index (χ0n) is 7.73. The number of halogens is 2. The van der Waals surface area contributed by atoms with Crippen LogP contribution in [0.4, 0.5) is 5.82 Å². The molecule has 2 aromatic rings. The molecule has 2 nitrogen and oxygen atoms in total. The minimum atomic E-state index is 0. The van der Waals surface area contributed by atoms with Crippen LogP contribution in [0, 0.1) is 0 Å². The van der Waals surface area contributed by atoms with Crippen LogP contribution in [0.25, 0.3) is 10.8 Å². The monoisotopic (exact) mass is 230 g/mol. The van der Waals surface area contributed by atoms with Crippen LogP contribution >= 0.6 is 24.8 Å². The van der Waals surface area contributed by atoms with Gasteiger partial charge in [0.2, 0.25) is 0 Å². The first-order valence-corrected chi connectivity index (χ1v) is 3.93. The molecule has 0 bridgehead atoms. The van der Waals surface area contributed by atoms with Crippen molar-refractivity contribution in [3.8, 4) is 0 Å². The summed E-state index contributed by atoms with van der Waals surface area (Å²) in [6, 6.07) is 10.2. The van der Waals surface area contributed by atoms with Crippen molar-refractivity contribution >= 4 is 41.4 Å². The number of nitrogens with one attached hydrogen (secondary N) is 1. The Morgan fingerprint density at radius 3 is 2.36 bits per heavy atom. The zero-order chi connectivity index (χ0) is 8.39. The van der Waals surface area contributed by atoms with E-state index in [1.165, 1.54) is 10.8 Å². The van der Waals surface area contributed by atoms with Crippen molar-refractivity contribution in [3.63, 3.8) is 0 Å². The highest BCUT2D eigenvalue weighted by molar-refractivity contribution is 5.85. The van der Waals surface area contributed by atoms with Gasteiger partial charge in [0, 0.05) is 18.6 Å². The van der Waals surface area contributed by atoms with Crippen LogP contribution in [0.5, 0.6) is 0 Å². The molecule has 2 rings (SSSR count). The van der Waals surface area contributed by atoms with Crippen molar-refractivity contribution in [2.75, 3.05) is 12.4 Å². The molecule has 4 heteroatoms. The Morgan fingerprint density at radius 1 is 1.07 bits per heavy atom. The van der Waals surface area contributed by atoms with E-state index in [0.29, 0.717) is 0 Å². The van der Waals surface area contributed by atoms with Crippen LogP contribution < -0.4 is 5.32 Å². The minimum absolute atomic E-state index is 0. The highest BCUT2D eigenvalue weighted by Gasteiger charge is 1.93. The Morgan fingerprint density at radius 2 is 1.71 bits per heavy atom. The number of aromatic nitrogens is 1. The third-order valence-corrected chi connectivity index (χ3v) is 1.89. The average Bonchev–Trinajstić information content (AvgIpc) is 2.17. The van der Waals surface area contributed by atoms with Gasteiger partial charge in [-0.25, -0.2) is 4.98 Å². The van der Waals surface area contributed by atoms with Gasteiger partial charge in [-0.05, 0) is 11.5 Å². The lowest BCUT2D eigenvalue weighted by atomic mass is 10.2. The molecule has 1 aromatic carbocycles. The van der Waals surface area contributed by atoms with Crippen molar-refractivity contribution in [1.82, 2.24) is 4.98 Å². The summed E-state index contributed by atoms with van der Waals surface area (Å²) in [5, 5.41) is 5.40. The first-order chi connectivity index (χ1) is 5.90. The Balaban J connectivity index is 0.000000845. The molecule has 0 fully saturated rings. The molecule has 0 spiro atoms.